The molecule has 102 valence electrons. The highest BCUT2D eigenvalue weighted by Crippen LogP contribution is 2.31. The monoisotopic (exact) mass is 272 g/mol. The lowest BCUT2D eigenvalue weighted by Gasteiger charge is -2.09. The summed E-state index contributed by atoms with van der Waals surface area (Å²) in [4.78, 5) is 37.5. The molecular formula is C14H12N2O4. The quantitative estimate of drug-likeness (QED) is 0.611. The van der Waals surface area contributed by atoms with Gasteiger partial charge in [0.1, 0.15) is 5.69 Å². The van der Waals surface area contributed by atoms with E-state index in [2.05, 4.69) is 0 Å². The van der Waals surface area contributed by atoms with Crippen molar-refractivity contribution in [3.8, 4) is 0 Å². The van der Waals surface area contributed by atoms with Crippen LogP contribution < -0.4 is 0 Å². The molecule has 3 rings (SSSR count). The zero-order valence-corrected chi connectivity index (χ0v) is 11.0. The Morgan fingerprint density at radius 1 is 1.20 bits per heavy atom. The third-order valence-corrected chi connectivity index (χ3v) is 3.35. The first-order valence-electron chi connectivity index (χ1n) is 6.20. The van der Waals surface area contributed by atoms with Gasteiger partial charge in [-0.2, -0.15) is 0 Å². The molecule has 0 N–H and O–H groups in total. The number of nitrogens with zero attached hydrogens (tertiary/aromatic N) is 2. The van der Waals surface area contributed by atoms with Crippen molar-refractivity contribution in [3.63, 3.8) is 0 Å². The molecule has 0 saturated heterocycles. The Morgan fingerprint density at radius 3 is 2.60 bits per heavy atom. The highest BCUT2D eigenvalue weighted by molar-refractivity contribution is 6.27. The summed E-state index contributed by atoms with van der Waals surface area (Å²) in [5.74, 6) is -1.48. The fourth-order valence-corrected chi connectivity index (χ4v) is 2.46. The number of carbonyl (C=O) groups excluding carboxylic acids is 3. The van der Waals surface area contributed by atoms with E-state index in [0.717, 1.165) is 4.90 Å². The van der Waals surface area contributed by atoms with Crippen LogP contribution in [0.1, 0.15) is 38.1 Å². The van der Waals surface area contributed by atoms with Crippen LogP contribution in [0.3, 0.4) is 0 Å². The number of imide groups is 1. The van der Waals surface area contributed by atoms with Crippen molar-refractivity contribution < 1.29 is 19.1 Å². The molecular weight excluding hydrogens is 260 g/mol. The fraction of sp³-hybridized carbons (Fsp3) is 0.214. The van der Waals surface area contributed by atoms with Crippen molar-refractivity contribution in [2.75, 3.05) is 13.7 Å². The first-order chi connectivity index (χ1) is 9.57. The Kier molecular flexibility index (Phi) is 2.60. The first kappa shape index (κ1) is 12.4. The number of pyridine rings is 1. The molecule has 0 saturated carbocycles. The van der Waals surface area contributed by atoms with Crippen LogP contribution in [-0.2, 0) is 4.74 Å². The number of carbonyl (C=O) groups is 3. The van der Waals surface area contributed by atoms with Gasteiger partial charge in [0.25, 0.3) is 11.8 Å². The van der Waals surface area contributed by atoms with Gasteiger partial charge in [-0.25, -0.2) is 4.79 Å². The largest absolute Gasteiger partial charge is 0.461 e. The average Bonchev–Trinajstić information content (AvgIpc) is 2.89. The second-order valence-corrected chi connectivity index (χ2v) is 4.44. The number of hydrogen-bond acceptors (Lipinski definition) is 4. The van der Waals surface area contributed by atoms with Crippen LogP contribution in [0.4, 0.5) is 0 Å². The van der Waals surface area contributed by atoms with E-state index in [1.165, 1.54) is 11.4 Å². The van der Waals surface area contributed by atoms with Crippen molar-refractivity contribution in [2.24, 2.45) is 0 Å². The van der Waals surface area contributed by atoms with Crippen molar-refractivity contribution in [1.29, 1.82) is 0 Å². The van der Waals surface area contributed by atoms with E-state index in [9.17, 15) is 14.4 Å². The molecule has 0 aromatic carbocycles. The molecule has 6 nitrogen and oxygen atoms in total. The summed E-state index contributed by atoms with van der Waals surface area (Å²) in [6, 6.07) is 5.18. The van der Waals surface area contributed by atoms with Gasteiger partial charge in [-0.3, -0.25) is 14.5 Å². The lowest BCUT2D eigenvalue weighted by molar-refractivity contribution is 0.0511. The highest BCUT2D eigenvalue weighted by Gasteiger charge is 2.41. The zero-order valence-electron chi connectivity index (χ0n) is 11.0. The molecule has 0 fully saturated rings. The van der Waals surface area contributed by atoms with E-state index in [-0.39, 0.29) is 23.4 Å². The Balaban J connectivity index is 2.38. The molecule has 6 heteroatoms. The molecule has 20 heavy (non-hydrogen) atoms. The minimum absolute atomic E-state index is 0.111. The van der Waals surface area contributed by atoms with Crippen LogP contribution in [-0.4, -0.2) is 40.7 Å². The molecule has 1 aliphatic heterocycles. The van der Waals surface area contributed by atoms with Gasteiger partial charge in [0.15, 0.2) is 0 Å². The van der Waals surface area contributed by atoms with Crippen LogP contribution in [0.2, 0.25) is 0 Å². The molecule has 0 aliphatic carbocycles. The summed E-state index contributed by atoms with van der Waals surface area (Å²) < 4.78 is 6.53. The van der Waals surface area contributed by atoms with E-state index in [1.807, 2.05) is 0 Å². The third kappa shape index (κ3) is 1.41. The van der Waals surface area contributed by atoms with Crippen LogP contribution in [0.15, 0.2) is 24.4 Å². The molecule has 0 radical (unpaired) electrons. The van der Waals surface area contributed by atoms with E-state index in [4.69, 9.17) is 4.74 Å². The van der Waals surface area contributed by atoms with Gasteiger partial charge in [0.2, 0.25) is 0 Å². The SMILES string of the molecule is CCOC(=O)c1c2c(c3ccccn13)C(=O)N(C)C2=O. The standard InChI is InChI=1S/C14H12N2O4/c1-3-20-14(19)11-10-9(12(17)15(2)13(10)18)8-6-4-5-7-16(8)11/h4-7H,3H2,1-2H3. The number of fused-ring (bicyclic) bond motifs is 3. The van der Waals surface area contributed by atoms with Crippen LogP contribution in [0.25, 0.3) is 5.52 Å². The first-order valence-corrected chi connectivity index (χ1v) is 6.20. The molecule has 2 amide bonds. The summed E-state index contributed by atoms with van der Waals surface area (Å²) in [5, 5.41) is 0. The van der Waals surface area contributed by atoms with Gasteiger partial charge in [0.05, 0.1) is 23.3 Å². The smallest absolute Gasteiger partial charge is 0.356 e. The molecule has 2 aromatic heterocycles. The second-order valence-electron chi connectivity index (χ2n) is 4.44. The minimum Gasteiger partial charge on any atom is -0.461 e. The summed E-state index contributed by atoms with van der Waals surface area (Å²) in [7, 11) is 1.40. The maximum atomic E-state index is 12.2. The van der Waals surface area contributed by atoms with Gasteiger partial charge < -0.3 is 9.14 Å². The Bertz CT molecular complexity index is 760. The maximum absolute atomic E-state index is 12.2. The predicted molar refractivity (Wildman–Crippen MR) is 69.8 cm³/mol. The van der Waals surface area contributed by atoms with E-state index < -0.39 is 17.8 Å². The molecule has 2 aromatic rings. The number of ether oxygens (including phenoxy) is 1. The summed E-state index contributed by atoms with van der Waals surface area (Å²) >= 11 is 0. The van der Waals surface area contributed by atoms with Crippen molar-refractivity contribution >= 4 is 23.3 Å². The zero-order chi connectivity index (χ0) is 14.4. The molecule has 1 aliphatic rings. The second kappa shape index (κ2) is 4.19. The number of aromatic nitrogens is 1. The normalized spacial score (nSPS) is 14.0. The average molecular weight is 272 g/mol. The van der Waals surface area contributed by atoms with E-state index >= 15 is 0 Å². The Labute approximate surface area is 114 Å². The minimum atomic E-state index is -0.605. The summed E-state index contributed by atoms with van der Waals surface area (Å²) in [6.07, 6.45) is 1.64. The van der Waals surface area contributed by atoms with Crippen LogP contribution in [0, 0.1) is 0 Å². The molecule has 3 heterocycles. The Morgan fingerprint density at radius 2 is 1.90 bits per heavy atom. The van der Waals surface area contributed by atoms with Crippen molar-refractivity contribution in [2.45, 2.75) is 6.92 Å². The maximum Gasteiger partial charge on any atom is 0.356 e. The molecule has 0 unspecified atom stereocenters. The highest BCUT2D eigenvalue weighted by atomic mass is 16.5. The fourth-order valence-electron chi connectivity index (χ4n) is 2.46. The molecule has 0 bridgehead atoms. The number of esters is 1. The van der Waals surface area contributed by atoms with E-state index in [0.29, 0.717) is 5.52 Å². The summed E-state index contributed by atoms with van der Waals surface area (Å²) in [5.41, 5.74) is 1.04. The lowest BCUT2D eigenvalue weighted by Crippen LogP contribution is -2.26. The van der Waals surface area contributed by atoms with E-state index in [1.54, 1.807) is 31.3 Å². The number of hydrogen-bond donors (Lipinski definition) is 0. The lowest BCUT2D eigenvalue weighted by atomic mass is 10.1. The van der Waals surface area contributed by atoms with Crippen molar-refractivity contribution in [3.05, 3.63) is 41.2 Å². The van der Waals surface area contributed by atoms with Gasteiger partial charge >= 0.3 is 5.97 Å². The van der Waals surface area contributed by atoms with Gasteiger partial charge in [0, 0.05) is 13.2 Å². The predicted octanol–water partition coefficient (Wildman–Crippen LogP) is 1.34. The van der Waals surface area contributed by atoms with Crippen LogP contribution in [0.5, 0.6) is 0 Å². The van der Waals surface area contributed by atoms with Gasteiger partial charge in [-0.05, 0) is 19.1 Å². The molecule has 0 spiro atoms. The molecule has 0 atom stereocenters. The van der Waals surface area contributed by atoms with Gasteiger partial charge in [-0.15, -0.1) is 0 Å². The topological polar surface area (TPSA) is 68.1 Å². The van der Waals surface area contributed by atoms with Crippen LogP contribution >= 0.6 is 0 Å². The number of amides is 2. The third-order valence-electron chi connectivity index (χ3n) is 3.35. The van der Waals surface area contributed by atoms with Crippen molar-refractivity contribution in [1.82, 2.24) is 9.30 Å². The Hall–Kier alpha value is -2.63. The number of rotatable bonds is 2. The summed E-state index contributed by atoms with van der Waals surface area (Å²) in [6.45, 7) is 1.89. The van der Waals surface area contributed by atoms with Gasteiger partial charge in [-0.1, -0.05) is 6.07 Å².